The van der Waals surface area contributed by atoms with Crippen molar-refractivity contribution in [2.24, 2.45) is 0 Å². The number of nitrogens with zero attached hydrogens (tertiary/aromatic N) is 1. The van der Waals surface area contributed by atoms with Crippen LogP contribution in [0.5, 0.6) is 5.75 Å². The smallest absolute Gasteiger partial charge is 0.261 e. The van der Waals surface area contributed by atoms with E-state index in [0.717, 1.165) is 24.3 Å². The molecule has 128 valence electrons. The minimum absolute atomic E-state index is 0.106. The molecule has 0 saturated heterocycles. The zero-order valence-corrected chi connectivity index (χ0v) is 14.5. The molecule has 0 unspecified atom stereocenters. The van der Waals surface area contributed by atoms with Gasteiger partial charge in [-0.25, -0.2) is 0 Å². The highest BCUT2D eigenvalue weighted by Crippen LogP contribution is 2.26. The lowest BCUT2D eigenvalue weighted by molar-refractivity contribution is 0.102. The highest BCUT2D eigenvalue weighted by atomic mass is 16.5. The van der Waals surface area contributed by atoms with E-state index in [-0.39, 0.29) is 11.8 Å². The number of ether oxygens (including phenoxy) is 1. The predicted octanol–water partition coefficient (Wildman–Crippen LogP) is 4.68. The summed E-state index contributed by atoms with van der Waals surface area (Å²) in [5, 5.41) is 6.82. The van der Waals surface area contributed by atoms with Gasteiger partial charge in [0.05, 0.1) is 11.8 Å². The number of carbonyl (C=O) groups is 1. The lowest BCUT2D eigenvalue weighted by atomic mass is 10.0. The first-order chi connectivity index (χ1) is 11.5. The van der Waals surface area contributed by atoms with E-state index in [2.05, 4.69) is 10.5 Å². The molecule has 0 atom stereocenters. The molecule has 1 saturated carbocycles. The van der Waals surface area contributed by atoms with Gasteiger partial charge in [-0.1, -0.05) is 19.0 Å². The first kappa shape index (κ1) is 16.6. The molecule has 1 aromatic carbocycles. The molecule has 2 aromatic rings. The molecular weight excluding hydrogens is 304 g/mol. The third-order valence-corrected chi connectivity index (χ3v) is 4.36. The number of carbonyl (C=O) groups excluding carboxylic acids is 1. The van der Waals surface area contributed by atoms with Crippen molar-refractivity contribution in [2.75, 3.05) is 5.32 Å². The van der Waals surface area contributed by atoms with Crippen LogP contribution in [0.4, 0.5) is 5.69 Å². The van der Waals surface area contributed by atoms with Gasteiger partial charge in [0.15, 0.2) is 5.76 Å². The van der Waals surface area contributed by atoms with Gasteiger partial charge in [0, 0.05) is 11.6 Å². The summed E-state index contributed by atoms with van der Waals surface area (Å²) in [4.78, 5) is 12.5. The zero-order chi connectivity index (χ0) is 17.1. The van der Waals surface area contributed by atoms with E-state index in [4.69, 9.17) is 9.26 Å². The second-order valence-electron chi connectivity index (χ2n) is 6.66. The maximum Gasteiger partial charge on any atom is 0.261 e. The van der Waals surface area contributed by atoms with Crippen LogP contribution in [0, 0.1) is 6.92 Å². The Morgan fingerprint density at radius 2 is 1.92 bits per heavy atom. The van der Waals surface area contributed by atoms with E-state index in [0.29, 0.717) is 23.1 Å². The maximum atomic E-state index is 12.5. The number of aryl methyl sites for hydroxylation is 1. The highest BCUT2D eigenvalue weighted by Gasteiger charge is 2.22. The molecule has 0 radical (unpaired) electrons. The van der Waals surface area contributed by atoms with Crippen molar-refractivity contribution in [1.29, 1.82) is 0 Å². The molecule has 0 spiro atoms. The SMILES string of the molecule is Cc1noc(C(C)C)c1C(=O)Nc1ccc(OC2CCCC2)cc1. The summed E-state index contributed by atoms with van der Waals surface area (Å²) in [7, 11) is 0. The number of amides is 1. The van der Waals surface area contributed by atoms with Crippen LogP contribution >= 0.6 is 0 Å². The van der Waals surface area contributed by atoms with Gasteiger partial charge in [0.2, 0.25) is 0 Å². The number of rotatable bonds is 5. The van der Waals surface area contributed by atoms with Crippen LogP contribution < -0.4 is 10.1 Å². The maximum absolute atomic E-state index is 12.5. The number of anilines is 1. The molecule has 3 rings (SSSR count). The Kier molecular flexibility index (Phi) is 4.88. The predicted molar refractivity (Wildman–Crippen MR) is 92.6 cm³/mol. The quantitative estimate of drug-likeness (QED) is 0.865. The van der Waals surface area contributed by atoms with Gasteiger partial charge in [-0.3, -0.25) is 4.79 Å². The first-order valence-corrected chi connectivity index (χ1v) is 8.59. The molecule has 0 bridgehead atoms. The number of hydrogen-bond donors (Lipinski definition) is 1. The van der Waals surface area contributed by atoms with E-state index >= 15 is 0 Å². The molecule has 1 aliphatic rings. The van der Waals surface area contributed by atoms with Gasteiger partial charge in [-0.2, -0.15) is 0 Å². The fourth-order valence-electron chi connectivity index (χ4n) is 3.07. The monoisotopic (exact) mass is 328 g/mol. The number of nitrogens with one attached hydrogen (secondary N) is 1. The summed E-state index contributed by atoms with van der Waals surface area (Å²) in [6.07, 6.45) is 5.08. The molecule has 5 nitrogen and oxygen atoms in total. The molecule has 24 heavy (non-hydrogen) atoms. The molecule has 1 aromatic heterocycles. The van der Waals surface area contributed by atoms with E-state index in [9.17, 15) is 4.79 Å². The van der Waals surface area contributed by atoms with Crippen molar-refractivity contribution >= 4 is 11.6 Å². The molecule has 1 amide bonds. The van der Waals surface area contributed by atoms with Crippen molar-refractivity contribution in [3.63, 3.8) is 0 Å². The second kappa shape index (κ2) is 7.07. The zero-order valence-electron chi connectivity index (χ0n) is 14.5. The summed E-state index contributed by atoms with van der Waals surface area (Å²) < 4.78 is 11.2. The van der Waals surface area contributed by atoms with E-state index < -0.39 is 0 Å². The largest absolute Gasteiger partial charge is 0.490 e. The topological polar surface area (TPSA) is 64.4 Å². The van der Waals surface area contributed by atoms with Crippen molar-refractivity contribution in [2.45, 2.75) is 58.5 Å². The molecule has 1 fully saturated rings. The van der Waals surface area contributed by atoms with Crippen molar-refractivity contribution < 1.29 is 14.1 Å². The third-order valence-electron chi connectivity index (χ3n) is 4.36. The highest BCUT2D eigenvalue weighted by molar-refractivity contribution is 6.05. The van der Waals surface area contributed by atoms with Crippen LogP contribution in [0.15, 0.2) is 28.8 Å². The summed E-state index contributed by atoms with van der Waals surface area (Å²) in [5.74, 6) is 1.38. The van der Waals surface area contributed by atoms with Crippen molar-refractivity contribution in [3.8, 4) is 5.75 Å². The Labute approximate surface area is 142 Å². The Hall–Kier alpha value is -2.30. The minimum Gasteiger partial charge on any atom is -0.490 e. The molecule has 5 heteroatoms. The Morgan fingerprint density at radius 1 is 1.25 bits per heavy atom. The molecule has 0 aliphatic heterocycles. The van der Waals surface area contributed by atoms with Crippen LogP contribution in [0.2, 0.25) is 0 Å². The van der Waals surface area contributed by atoms with Gasteiger partial charge in [-0.05, 0) is 56.9 Å². The minimum atomic E-state index is -0.193. The number of hydrogen-bond acceptors (Lipinski definition) is 4. The molecule has 1 N–H and O–H groups in total. The second-order valence-corrected chi connectivity index (χ2v) is 6.66. The van der Waals surface area contributed by atoms with E-state index in [1.54, 1.807) is 6.92 Å². The van der Waals surface area contributed by atoms with Crippen LogP contribution in [-0.4, -0.2) is 17.2 Å². The average Bonchev–Trinajstić information content (AvgIpc) is 3.18. The number of benzene rings is 1. The first-order valence-electron chi connectivity index (χ1n) is 8.59. The summed E-state index contributed by atoms with van der Waals surface area (Å²) in [6.45, 7) is 5.74. The van der Waals surface area contributed by atoms with Gasteiger partial charge < -0.3 is 14.6 Å². The Balaban J connectivity index is 1.67. The van der Waals surface area contributed by atoms with Crippen molar-refractivity contribution in [1.82, 2.24) is 5.16 Å². The number of aromatic nitrogens is 1. The summed E-state index contributed by atoms with van der Waals surface area (Å²) in [5.41, 5.74) is 1.86. The van der Waals surface area contributed by atoms with Gasteiger partial charge >= 0.3 is 0 Å². The summed E-state index contributed by atoms with van der Waals surface area (Å²) >= 11 is 0. The third kappa shape index (κ3) is 3.61. The van der Waals surface area contributed by atoms with Crippen LogP contribution in [0.25, 0.3) is 0 Å². The van der Waals surface area contributed by atoms with Gasteiger partial charge in [0.25, 0.3) is 5.91 Å². The summed E-state index contributed by atoms with van der Waals surface area (Å²) in [6, 6.07) is 7.52. The lowest BCUT2D eigenvalue weighted by Gasteiger charge is -2.13. The van der Waals surface area contributed by atoms with E-state index in [1.807, 2.05) is 38.1 Å². The van der Waals surface area contributed by atoms with Crippen LogP contribution in [0.1, 0.15) is 67.3 Å². The van der Waals surface area contributed by atoms with Gasteiger partial charge in [-0.15, -0.1) is 0 Å². The van der Waals surface area contributed by atoms with Crippen LogP contribution in [0.3, 0.4) is 0 Å². The van der Waals surface area contributed by atoms with Crippen molar-refractivity contribution in [3.05, 3.63) is 41.3 Å². The average molecular weight is 328 g/mol. The molecular formula is C19H24N2O3. The Morgan fingerprint density at radius 3 is 2.54 bits per heavy atom. The van der Waals surface area contributed by atoms with Crippen LogP contribution in [-0.2, 0) is 0 Å². The van der Waals surface area contributed by atoms with Gasteiger partial charge in [0.1, 0.15) is 11.3 Å². The fourth-order valence-corrected chi connectivity index (χ4v) is 3.07. The normalized spacial score (nSPS) is 15.0. The Bertz CT molecular complexity index is 698. The molecule has 1 heterocycles. The standard InChI is InChI=1S/C19H24N2O3/c1-12(2)18-17(13(3)21-24-18)19(22)20-14-8-10-16(11-9-14)23-15-6-4-5-7-15/h8-12,15H,4-7H2,1-3H3,(H,20,22). The lowest BCUT2D eigenvalue weighted by Crippen LogP contribution is -2.15. The molecule has 1 aliphatic carbocycles. The van der Waals surface area contributed by atoms with E-state index in [1.165, 1.54) is 12.8 Å². The fraction of sp³-hybridized carbons (Fsp3) is 0.474.